The molecule has 0 atom stereocenters. The van der Waals surface area contributed by atoms with Gasteiger partial charge in [0.15, 0.2) is 0 Å². The van der Waals surface area contributed by atoms with Crippen molar-refractivity contribution in [3.8, 4) is 0 Å². The molecule has 3 heteroatoms. The summed E-state index contributed by atoms with van der Waals surface area (Å²) >= 11 is 7.04. The molecule has 0 saturated carbocycles. The van der Waals surface area contributed by atoms with Gasteiger partial charge in [-0.1, -0.05) is 31.9 Å². The lowest BCUT2D eigenvalue weighted by atomic mass is 10.1. The zero-order valence-corrected chi connectivity index (χ0v) is 11.1. The maximum atomic E-state index is 4.53. The molecule has 0 spiro atoms. The number of hydrogen-bond acceptors (Lipinski definition) is 1. The molecule has 0 unspecified atom stereocenters. The number of aryl methyl sites for hydroxylation is 2. The van der Waals surface area contributed by atoms with Crippen molar-refractivity contribution in [3.05, 3.63) is 38.4 Å². The Morgan fingerprint density at radius 2 is 1.79 bits per heavy atom. The van der Waals surface area contributed by atoms with Crippen LogP contribution < -0.4 is 0 Å². The second-order valence-corrected chi connectivity index (χ2v) is 5.13. The standard InChI is InChI=1S/C11H9Br2N/c1-6-3-8(12)5-9-10(13)4-7(2)14-11(6)9/h3-5H,1-2H3. The summed E-state index contributed by atoms with van der Waals surface area (Å²) in [7, 11) is 0. The van der Waals surface area contributed by atoms with Crippen LogP contribution in [-0.2, 0) is 0 Å². The van der Waals surface area contributed by atoms with Crippen molar-refractivity contribution in [1.82, 2.24) is 4.98 Å². The number of benzene rings is 1. The Morgan fingerprint density at radius 1 is 1.07 bits per heavy atom. The van der Waals surface area contributed by atoms with E-state index in [0.29, 0.717) is 0 Å². The zero-order valence-electron chi connectivity index (χ0n) is 7.94. The van der Waals surface area contributed by atoms with E-state index in [1.54, 1.807) is 0 Å². The van der Waals surface area contributed by atoms with E-state index in [9.17, 15) is 0 Å². The molecule has 2 aromatic rings. The van der Waals surface area contributed by atoms with E-state index in [0.717, 1.165) is 25.5 Å². The SMILES string of the molecule is Cc1cc(Br)c2cc(Br)cc(C)c2n1. The van der Waals surface area contributed by atoms with E-state index in [4.69, 9.17) is 0 Å². The first-order valence-corrected chi connectivity index (χ1v) is 5.89. The summed E-state index contributed by atoms with van der Waals surface area (Å²) in [6.45, 7) is 4.08. The third-order valence-corrected chi connectivity index (χ3v) is 3.26. The summed E-state index contributed by atoms with van der Waals surface area (Å²) < 4.78 is 2.19. The average molecular weight is 315 g/mol. The molecule has 72 valence electrons. The molecule has 0 radical (unpaired) electrons. The Labute approximate surface area is 99.8 Å². The second-order valence-electron chi connectivity index (χ2n) is 3.36. The Hall–Kier alpha value is -0.410. The summed E-state index contributed by atoms with van der Waals surface area (Å²) in [6, 6.07) is 6.20. The van der Waals surface area contributed by atoms with Crippen molar-refractivity contribution in [2.45, 2.75) is 13.8 Å². The lowest BCUT2D eigenvalue weighted by Crippen LogP contribution is -1.88. The lowest BCUT2D eigenvalue weighted by molar-refractivity contribution is 1.23. The van der Waals surface area contributed by atoms with Gasteiger partial charge in [0, 0.05) is 20.0 Å². The van der Waals surface area contributed by atoms with Crippen LogP contribution in [0.3, 0.4) is 0 Å². The smallest absolute Gasteiger partial charge is 0.0746 e. The van der Waals surface area contributed by atoms with Crippen LogP contribution in [-0.4, -0.2) is 4.98 Å². The Bertz CT molecular complexity index is 459. The van der Waals surface area contributed by atoms with Crippen molar-refractivity contribution in [2.75, 3.05) is 0 Å². The summed E-state index contributed by atoms with van der Waals surface area (Å²) in [6.07, 6.45) is 0. The lowest BCUT2D eigenvalue weighted by Gasteiger charge is -2.05. The fourth-order valence-electron chi connectivity index (χ4n) is 1.54. The summed E-state index contributed by atoms with van der Waals surface area (Å²) in [5.74, 6) is 0. The Morgan fingerprint density at radius 3 is 2.50 bits per heavy atom. The molecular formula is C11H9Br2N. The molecule has 0 amide bonds. The van der Waals surface area contributed by atoms with Gasteiger partial charge >= 0.3 is 0 Å². The van der Waals surface area contributed by atoms with Crippen LogP contribution in [0.2, 0.25) is 0 Å². The van der Waals surface area contributed by atoms with E-state index in [1.807, 2.05) is 13.0 Å². The monoisotopic (exact) mass is 313 g/mol. The first-order chi connectivity index (χ1) is 6.58. The minimum atomic E-state index is 1.04. The highest BCUT2D eigenvalue weighted by Crippen LogP contribution is 2.28. The van der Waals surface area contributed by atoms with Crippen LogP contribution in [0.1, 0.15) is 11.3 Å². The molecule has 0 aliphatic rings. The first kappa shape index (κ1) is 10.1. The highest BCUT2D eigenvalue weighted by atomic mass is 79.9. The van der Waals surface area contributed by atoms with E-state index in [-0.39, 0.29) is 0 Å². The highest BCUT2D eigenvalue weighted by Gasteiger charge is 2.05. The van der Waals surface area contributed by atoms with Crippen molar-refractivity contribution in [1.29, 1.82) is 0 Å². The predicted molar refractivity (Wildman–Crippen MR) is 66.6 cm³/mol. The molecule has 1 aromatic heterocycles. The Balaban J connectivity index is 2.94. The molecule has 14 heavy (non-hydrogen) atoms. The van der Waals surface area contributed by atoms with Crippen LogP contribution in [0.5, 0.6) is 0 Å². The predicted octanol–water partition coefficient (Wildman–Crippen LogP) is 4.38. The van der Waals surface area contributed by atoms with Gasteiger partial charge in [-0.05, 0) is 37.6 Å². The van der Waals surface area contributed by atoms with E-state index in [2.05, 4.69) is 55.9 Å². The number of rotatable bonds is 0. The van der Waals surface area contributed by atoms with Gasteiger partial charge in [0.1, 0.15) is 0 Å². The molecule has 0 N–H and O–H groups in total. The second kappa shape index (κ2) is 3.63. The molecule has 0 aliphatic heterocycles. The van der Waals surface area contributed by atoms with Crippen molar-refractivity contribution in [3.63, 3.8) is 0 Å². The van der Waals surface area contributed by atoms with Crippen LogP contribution in [0.15, 0.2) is 27.1 Å². The number of halogens is 2. The zero-order chi connectivity index (χ0) is 10.3. The topological polar surface area (TPSA) is 12.9 Å². The first-order valence-electron chi connectivity index (χ1n) is 4.31. The highest BCUT2D eigenvalue weighted by molar-refractivity contribution is 9.11. The quantitative estimate of drug-likeness (QED) is 0.703. The average Bonchev–Trinajstić information content (AvgIpc) is 2.07. The van der Waals surface area contributed by atoms with Crippen LogP contribution >= 0.6 is 31.9 Å². The van der Waals surface area contributed by atoms with Crippen molar-refractivity contribution >= 4 is 42.8 Å². The fourth-order valence-corrected chi connectivity index (χ4v) is 2.74. The summed E-state index contributed by atoms with van der Waals surface area (Å²) in [5, 5.41) is 1.16. The van der Waals surface area contributed by atoms with E-state index in [1.165, 1.54) is 5.56 Å². The van der Waals surface area contributed by atoms with Crippen molar-refractivity contribution < 1.29 is 0 Å². The van der Waals surface area contributed by atoms with Crippen LogP contribution in [0.25, 0.3) is 10.9 Å². The van der Waals surface area contributed by atoms with Crippen LogP contribution in [0, 0.1) is 13.8 Å². The number of aromatic nitrogens is 1. The molecule has 1 nitrogen and oxygen atoms in total. The van der Waals surface area contributed by atoms with Gasteiger partial charge in [0.2, 0.25) is 0 Å². The van der Waals surface area contributed by atoms with Gasteiger partial charge in [-0.25, -0.2) is 0 Å². The van der Waals surface area contributed by atoms with E-state index < -0.39 is 0 Å². The summed E-state index contributed by atoms with van der Waals surface area (Å²) in [4.78, 5) is 4.53. The fraction of sp³-hybridized carbons (Fsp3) is 0.182. The molecule has 1 aromatic carbocycles. The van der Waals surface area contributed by atoms with Gasteiger partial charge in [-0.15, -0.1) is 0 Å². The van der Waals surface area contributed by atoms with Crippen molar-refractivity contribution in [2.24, 2.45) is 0 Å². The molecular weight excluding hydrogens is 306 g/mol. The van der Waals surface area contributed by atoms with Gasteiger partial charge < -0.3 is 0 Å². The van der Waals surface area contributed by atoms with Crippen LogP contribution in [0.4, 0.5) is 0 Å². The van der Waals surface area contributed by atoms with Gasteiger partial charge in [0.25, 0.3) is 0 Å². The molecule has 2 rings (SSSR count). The minimum absolute atomic E-state index is 1.04. The maximum Gasteiger partial charge on any atom is 0.0746 e. The van der Waals surface area contributed by atoms with Gasteiger partial charge in [0.05, 0.1) is 5.52 Å². The summed E-state index contributed by atoms with van der Waals surface area (Å²) in [5.41, 5.74) is 3.30. The van der Waals surface area contributed by atoms with Gasteiger partial charge in [-0.2, -0.15) is 0 Å². The number of fused-ring (bicyclic) bond motifs is 1. The minimum Gasteiger partial charge on any atom is -0.253 e. The number of pyridine rings is 1. The Kier molecular flexibility index (Phi) is 2.62. The third kappa shape index (κ3) is 1.71. The van der Waals surface area contributed by atoms with E-state index >= 15 is 0 Å². The number of hydrogen-bond donors (Lipinski definition) is 0. The molecule has 0 bridgehead atoms. The molecule has 0 saturated heterocycles. The largest absolute Gasteiger partial charge is 0.253 e. The number of nitrogens with zero attached hydrogens (tertiary/aromatic N) is 1. The normalized spacial score (nSPS) is 10.9. The van der Waals surface area contributed by atoms with Gasteiger partial charge in [-0.3, -0.25) is 4.98 Å². The maximum absolute atomic E-state index is 4.53. The third-order valence-electron chi connectivity index (χ3n) is 2.15. The molecule has 0 aliphatic carbocycles. The molecule has 0 fully saturated rings. The molecule has 1 heterocycles.